The highest BCUT2D eigenvalue weighted by Crippen LogP contribution is 2.25. The van der Waals surface area contributed by atoms with E-state index >= 15 is 0 Å². The fraction of sp³-hybridized carbons (Fsp3) is 0.500. The quantitative estimate of drug-likeness (QED) is 0.782. The highest BCUT2D eigenvalue weighted by atomic mass is 32.2. The molecule has 1 aromatic carbocycles. The third-order valence-corrected chi connectivity index (χ3v) is 6.49. The minimum absolute atomic E-state index is 0.0786. The molecule has 0 unspecified atom stereocenters. The van der Waals surface area contributed by atoms with Crippen molar-refractivity contribution in [2.24, 2.45) is 0 Å². The Bertz CT molecular complexity index is 895. The second kappa shape index (κ2) is 7.84. The van der Waals surface area contributed by atoms with Gasteiger partial charge in [-0.25, -0.2) is 13.4 Å². The van der Waals surface area contributed by atoms with Crippen molar-refractivity contribution in [1.29, 1.82) is 0 Å². The predicted octanol–water partition coefficient (Wildman–Crippen LogP) is 3.35. The van der Waals surface area contributed by atoms with Crippen LogP contribution >= 0.6 is 0 Å². The molecule has 2 atom stereocenters. The van der Waals surface area contributed by atoms with Gasteiger partial charge in [-0.05, 0) is 52.2 Å². The number of aryl methyl sites for hydroxylation is 1. The summed E-state index contributed by atoms with van der Waals surface area (Å²) in [5.74, 6) is -0.252. The molecule has 146 valence electrons. The Morgan fingerprint density at radius 3 is 2.44 bits per heavy atom. The van der Waals surface area contributed by atoms with E-state index in [2.05, 4.69) is 4.98 Å². The van der Waals surface area contributed by atoms with Crippen LogP contribution in [0.1, 0.15) is 44.6 Å². The van der Waals surface area contributed by atoms with Crippen molar-refractivity contribution >= 4 is 15.7 Å². The minimum atomic E-state index is -3.64. The largest absolute Gasteiger partial charge is 0.441 e. The first-order valence-corrected chi connectivity index (χ1v) is 11.1. The summed E-state index contributed by atoms with van der Waals surface area (Å²) in [6.45, 7) is 5.66. The van der Waals surface area contributed by atoms with Gasteiger partial charge < -0.3 is 9.32 Å². The van der Waals surface area contributed by atoms with Gasteiger partial charge in [0.25, 0.3) is 0 Å². The molecule has 1 aliphatic heterocycles. The van der Waals surface area contributed by atoms with Crippen molar-refractivity contribution in [3.05, 3.63) is 41.8 Å². The maximum atomic E-state index is 12.6. The van der Waals surface area contributed by atoms with Crippen molar-refractivity contribution in [2.45, 2.75) is 57.9 Å². The monoisotopic (exact) mass is 390 g/mol. The van der Waals surface area contributed by atoms with Crippen molar-refractivity contribution in [2.75, 3.05) is 5.75 Å². The van der Waals surface area contributed by atoms with Gasteiger partial charge in [-0.15, -0.1) is 0 Å². The van der Waals surface area contributed by atoms with Crippen molar-refractivity contribution in [1.82, 2.24) is 9.88 Å². The third kappa shape index (κ3) is 4.58. The highest BCUT2D eigenvalue weighted by molar-refractivity contribution is 7.91. The zero-order valence-corrected chi connectivity index (χ0v) is 16.8. The number of hydrogen-bond donors (Lipinski definition) is 0. The lowest BCUT2D eigenvalue weighted by Gasteiger charge is -2.39. The van der Waals surface area contributed by atoms with Crippen LogP contribution < -0.4 is 0 Å². The molecule has 1 fully saturated rings. The van der Waals surface area contributed by atoms with Crippen LogP contribution in [-0.4, -0.2) is 42.0 Å². The van der Waals surface area contributed by atoms with E-state index in [9.17, 15) is 13.2 Å². The molecule has 0 radical (unpaired) electrons. The zero-order chi connectivity index (χ0) is 19.6. The second-order valence-corrected chi connectivity index (χ2v) is 9.41. The summed E-state index contributed by atoms with van der Waals surface area (Å²) in [6.07, 6.45) is 2.90. The van der Waals surface area contributed by atoms with Crippen LogP contribution in [0.3, 0.4) is 0 Å². The predicted molar refractivity (Wildman–Crippen MR) is 104 cm³/mol. The van der Waals surface area contributed by atoms with Gasteiger partial charge in [0, 0.05) is 17.6 Å². The topological polar surface area (TPSA) is 80.5 Å². The van der Waals surface area contributed by atoms with E-state index in [0.29, 0.717) is 17.3 Å². The molecule has 0 bridgehead atoms. The van der Waals surface area contributed by atoms with Gasteiger partial charge in [-0.2, -0.15) is 0 Å². The number of sulfone groups is 1. The maximum Gasteiger partial charge on any atom is 0.238 e. The van der Waals surface area contributed by atoms with Crippen LogP contribution in [0.4, 0.5) is 0 Å². The van der Waals surface area contributed by atoms with Gasteiger partial charge in [0.05, 0.1) is 11.4 Å². The smallest absolute Gasteiger partial charge is 0.238 e. The number of benzene rings is 1. The summed E-state index contributed by atoms with van der Waals surface area (Å²) < 4.78 is 30.9. The fourth-order valence-corrected chi connectivity index (χ4v) is 5.01. The number of carbonyl (C=O) groups is 1. The molecule has 7 heteroatoms. The second-order valence-electron chi connectivity index (χ2n) is 7.35. The summed E-state index contributed by atoms with van der Waals surface area (Å²) in [4.78, 5) is 18.7. The van der Waals surface area contributed by atoms with E-state index in [1.165, 1.54) is 0 Å². The number of carbonyl (C=O) groups excluding carboxylic acids is 1. The Kier molecular flexibility index (Phi) is 5.69. The van der Waals surface area contributed by atoms with Crippen LogP contribution in [-0.2, 0) is 20.4 Å². The van der Waals surface area contributed by atoms with Gasteiger partial charge in [-0.1, -0.05) is 18.2 Å². The summed E-state index contributed by atoms with van der Waals surface area (Å²) >= 11 is 0. The molecule has 6 nitrogen and oxygen atoms in total. The molecule has 2 heterocycles. The minimum Gasteiger partial charge on any atom is -0.441 e. The molecular weight excluding hydrogens is 364 g/mol. The fourth-order valence-electron chi connectivity index (χ4n) is 3.70. The first-order chi connectivity index (χ1) is 12.8. The number of likely N-dealkylation sites (tertiary alicyclic amines) is 1. The Balaban J connectivity index is 1.73. The molecule has 27 heavy (non-hydrogen) atoms. The Morgan fingerprint density at radius 1 is 1.19 bits per heavy atom. The maximum absolute atomic E-state index is 12.6. The summed E-state index contributed by atoms with van der Waals surface area (Å²) in [7, 11) is -3.64. The molecule has 2 aromatic rings. The lowest BCUT2D eigenvalue weighted by atomic mass is 9.98. The van der Waals surface area contributed by atoms with Crippen LogP contribution in [0.5, 0.6) is 0 Å². The first kappa shape index (κ1) is 19.6. The number of aromatic nitrogens is 1. The number of amides is 1. The first-order valence-electron chi connectivity index (χ1n) is 9.30. The van der Waals surface area contributed by atoms with Crippen molar-refractivity contribution < 1.29 is 17.6 Å². The number of piperidine rings is 1. The lowest BCUT2D eigenvalue weighted by Crippen LogP contribution is -2.49. The van der Waals surface area contributed by atoms with E-state index in [1.807, 2.05) is 44.2 Å². The number of hydrogen-bond acceptors (Lipinski definition) is 5. The van der Waals surface area contributed by atoms with Gasteiger partial charge in [-0.3, -0.25) is 4.79 Å². The molecule has 0 saturated carbocycles. The third-order valence-electron chi connectivity index (χ3n) is 5.09. The van der Waals surface area contributed by atoms with E-state index in [-0.39, 0.29) is 23.7 Å². The Morgan fingerprint density at radius 2 is 1.81 bits per heavy atom. The normalized spacial score (nSPS) is 20.6. The standard InChI is InChI=1S/C20H26N2O4S/c1-14-8-7-9-15(2)22(14)19(23)13-27(24,25)12-18-16(3)26-20(21-18)17-10-5-4-6-11-17/h4-6,10-11,14-15H,7-9,12-13H2,1-3H3/t14-,15-/m1/s1. The average Bonchev–Trinajstić information content (AvgIpc) is 2.95. The van der Waals surface area contributed by atoms with Crippen molar-refractivity contribution in [3.63, 3.8) is 0 Å². The molecule has 1 saturated heterocycles. The highest BCUT2D eigenvalue weighted by Gasteiger charge is 2.32. The summed E-state index contributed by atoms with van der Waals surface area (Å²) in [6, 6.07) is 9.48. The molecule has 0 aliphatic carbocycles. The van der Waals surface area contributed by atoms with Gasteiger partial charge in [0.15, 0.2) is 9.84 Å². The van der Waals surface area contributed by atoms with Crippen LogP contribution in [0.25, 0.3) is 11.5 Å². The van der Waals surface area contributed by atoms with Gasteiger partial charge >= 0.3 is 0 Å². The number of rotatable bonds is 5. The molecule has 1 amide bonds. The SMILES string of the molecule is Cc1oc(-c2ccccc2)nc1CS(=O)(=O)CC(=O)N1[C@H](C)CCC[C@H]1C. The molecule has 0 spiro atoms. The van der Waals surface area contributed by atoms with E-state index in [1.54, 1.807) is 11.8 Å². The number of oxazole rings is 1. The van der Waals surface area contributed by atoms with Crippen LogP contribution in [0, 0.1) is 6.92 Å². The van der Waals surface area contributed by atoms with Crippen LogP contribution in [0.2, 0.25) is 0 Å². The van der Waals surface area contributed by atoms with Gasteiger partial charge in [0.1, 0.15) is 11.5 Å². The Labute approximate surface area is 160 Å². The van der Waals surface area contributed by atoms with E-state index < -0.39 is 15.6 Å². The molecule has 0 N–H and O–H groups in total. The molecule has 1 aliphatic rings. The lowest BCUT2D eigenvalue weighted by molar-refractivity contribution is -0.134. The molecule has 1 aromatic heterocycles. The van der Waals surface area contributed by atoms with Crippen LogP contribution in [0.15, 0.2) is 34.7 Å². The average molecular weight is 391 g/mol. The summed E-state index contributed by atoms with van der Waals surface area (Å²) in [5, 5.41) is 0. The summed E-state index contributed by atoms with van der Waals surface area (Å²) in [5.41, 5.74) is 1.15. The van der Waals surface area contributed by atoms with E-state index in [4.69, 9.17) is 4.42 Å². The van der Waals surface area contributed by atoms with E-state index in [0.717, 1.165) is 24.8 Å². The molecular formula is C20H26N2O4S. The Hall–Kier alpha value is -2.15. The van der Waals surface area contributed by atoms with Crippen molar-refractivity contribution in [3.8, 4) is 11.5 Å². The zero-order valence-electron chi connectivity index (χ0n) is 16.0. The van der Waals surface area contributed by atoms with Gasteiger partial charge in [0.2, 0.25) is 11.8 Å². The number of nitrogens with zero attached hydrogens (tertiary/aromatic N) is 2. The molecule has 3 rings (SSSR count).